The number of pyridine rings is 1. The van der Waals surface area contributed by atoms with Gasteiger partial charge in [-0.3, -0.25) is 0 Å². The van der Waals surface area contributed by atoms with Crippen LogP contribution in [0.2, 0.25) is 0 Å². The summed E-state index contributed by atoms with van der Waals surface area (Å²) in [5.74, 6) is 0. The number of nitrogens with zero attached hydrogens (tertiary/aromatic N) is 1. The van der Waals surface area contributed by atoms with Gasteiger partial charge in [-0.25, -0.2) is 0 Å². The van der Waals surface area contributed by atoms with Crippen molar-refractivity contribution in [3.05, 3.63) is 34.3 Å². The van der Waals surface area contributed by atoms with E-state index in [9.17, 15) is 10.3 Å². The van der Waals surface area contributed by atoms with Crippen molar-refractivity contribution in [2.24, 2.45) is 0 Å². The molecule has 0 bridgehead atoms. The average molecular weight is 207 g/mol. The highest BCUT2D eigenvalue weighted by Crippen LogP contribution is 2.29. The first-order chi connectivity index (χ1) is 7.00. The molecule has 0 amide bonds. The van der Waals surface area contributed by atoms with Gasteiger partial charge in [0.25, 0.3) is 0 Å². The lowest BCUT2D eigenvalue weighted by Crippen LogP contribution is -2.36. The second-order valence-electron chi connectivity index (χ2n) is 4.75. The molecule has 0 spiro atoms. The second kappa shape index (κ2) is 3.49. The molecule has 82 valence electrons. The van der Waals surface area contributed by atoms with Crippen molar-refractivity contribution in [3.8, 4) is 0 Å². The van der Waals surface area contributed by atoms with Crippen molar-refractivity contribution in [2.75, 3.05) is 0 Å². The van der Waals surface area contributed by atoms with Gasteiger partial charge in [-0.2, -0.15) is 4.73 Å². The molecule has 0 fully saturated rings. The smallest absolute Gasteiger partial charge is 0.196 e. The Bertz CT molecular complexity index is 380. The maximum Gasteiger partial charge on any atom is 0.196 e. The van der Waals surface area contributed by atoms with Crippen LogP contribution in [0.5, 0.6) is 0 Å². The molecule has 1 N–H and O–H groups in total. The van der Waals surface area contributed by atoms with E-state index >= 15 is 0 Å². The fraction of sp³-hybridized carbons (Fsp3) is 0.583. The maximum atomic E-state index is 11.6. The first-order valence-electron chi connectivity index (χ1n) is 5.47. The fourth-order valence-corrected chi connectivity index (χ4v) is 2.33. The van der Waals surface area contributed by atoms with Crippen LogP contribution in [0.1, 0.15) is 43.5 Å². The molecule has 1 aliphatic rings. The minimum Gasteiger partial charge on any atom is -0.618 e. The van der Waals surface area contributed by atoms with Gasteiger partial charge in [0.15, 0.2) is 11.9 Å². The molecule has 0 radical (unpaired) electrons. The van der Waals surface area contributed by atoms with E-state index in [0.29, 0.717) is 0 Å². The Morgan fingerprint density at radius 1 is 1.33 bits per heavy atom. The molecule has 1 heterocycles. The maximum absolute atomic E-state index is 11.6. The molecule has 0 aliphatic heterocycles. The zero-order chi connectivity index (χ0) is 11.1. The predicted molar refractivity (Wildman–Crippen MR) is 57.3 cm³/mol. The molecule has 15 heavy (non-hydrogen) atoms. The van der Waals surface area contributed by atoms with Crippen LogP contribution < -0.4 is 4.73 Å². The van der Waals surface area contributed by atoms with Crippen molar-refractivity contribution < 1.29 is 9.84 Å². The SMILES string of the molecule is CC(C)(O)c1cc[n+]([O-])c2c1CCCC2. The first-order valence-corrected chi connectivity index (χ1v) is 5.47. The van der Waals surface area contributed by atoms with Crippen LogP contribution in [0.25, 0.3) is 0 Å². The Labute approximate surface area is 90.0 Å². The van der Waals surface area contributed by atoms with E-state index in [-0.39, 0.29) is 0 Å². The van der Waals surface area contributed by atoms with Crippen molar-refractivity contribution in [1.29, 1.82) is 0 Å². The lowest BCUT2D eigenvalue weighted by atomic mass is 9.86. The average Bonchev–Trinajstić information content (AvgIpc) is 2.17. The van der Waals surface area contributed by atoms with E-state index in [2.05, 4.69) is 0 Å². The third-order valence-corrected chi connectivity index (χ3v) is 3.07. The molecule has 0 atom stereocenters. The summed E-state index contributed by atoms with van der Waals surface area (Å²) in [5, 5.41) is 21.6. The van der Waals surface area contributed by atoms with Gasteiger partial charge < -0.3 is 10.3 Å². The molecule has 1 aromatic rings. The van der Waals surface area contributed by atoms with Crippen molar-refractivity contribution in [3.63, 3.8) is 0 Å². The fourth-order valence-electron chi connectivity index (χ4n) is 2.33. The van der Waals surface area contributed by atoms with Gasteiger partial charge in [-0.1, -0.05) is 0 Å². The highest BCUT2D eigenvalue weighted by molar-refractivity contribution is 5.33. The summed E-state index contributed by atoms with van der Waals surface area (Å²) in [4.78, 5) is 0. The quantitative estimate of drug-likeness (QED) is 0.559. The van der Waals surface area contributed by atoms with Crippen molar-refractivity contribution >= 4 is 0 Å². The number of aliphatic hydroxyl groups is 1. The zero-order valence-electron chi connectivity index (χ0n) is 9.29. The summed E-state index contributed by atoms with van der Waals surface area (Å²) in [6.45, 7) is 3.54. The Balaban J connectivity index is 2.58. The molecule has 1 aromatic heterocycles. The number of rotatable bonds is 1. The molecular formula is C12H17NO2. The molecule has 3 nitrogen and oxygen atoms in total. The van der Waals surface area contributed by atoms with Crippen LogP contribution in [-0.2, 0) is 18.4 Å². The van der Waals surface area contributed by atoms with Crippen LogP contribution >= 0.6 is 0 Å². The monoisotopic (exact) mass is 207 g/mol. The minimum absolute atomic E-state index is 0.836. The zero-order valence-corrected chi connectivity index (χ0v) is 9.29. The van der Waals surface area contributed by atoms with E-state index in [0.717, 1.165) is 47.2 Å². The van der Waals surface area contributed by atoms with Gasteiger partial charge >= 0.3 is 0 Å². The van der Waals surface area contributed by atoms with Crippen LogP contribution in [-0.4, -0.2) is 5.11 Å². The van der Waals surface area contributed by atoms with Gasteiger partial charge in [-0.15, -0.1) is 0 Å². The largest absolute Gasteiger partial charge is 0.618 e. The molecule has 2 rings (SSSR count). The molecule has 3 heteroatoms. The summed E-state index contributed by atoms with van der Waals surface area (Å²) >= 11 is 0. The standard InChI is InChI=1S/C12H17NO2/c1-12(2,14)10-7-8-13(15)11-6-4-3-5-9(10)11/h7-8,14H,3-6H2,1-2H3. The van der Waals surface area contributed by atoms with Gasteiger partial charge in [-0.05, 0) is 38.7 Å². The first kappa shape index (κ1) is 10.4. The number of fused-ring (bicyclic) bond motifs is 1. The highest BCUT2D eigenvalue weighted by Gasteiger charge is 2.27. The molecule has 0 unspecified atom stereocenters. The molecular weight excluding hydrogens is 190 g/mol. The summed E-state index contributed by atoms with van der Waals surface area (Å²) in [6.07, 6.45) is 5.45. The summed E-state index contributed by atoms with van der Waals surface area (Å²) in [6, 6.07) is 1.75. The lowest BCUT2D eigenvalue weighted by Gasteiger charge is -2.25. The number of aromatic nitrogens is 1. The number of hydrogen-bond acceptors (Lipinski definition) is 2. The van der Waals surface area contributed by atoms with Gasteiger partial charge in [0.2, 0.25) is 0 Å². The van der Waals surface area contributed by atoms with Crippen LogP contribution in [0.15, 0.2) is 12.3 Å². The third-order valence-electron chi connectivity index (χ3n) is 3.07. The Morgan fingerprint density at radius 2 is 2.00 bits per heavy atom. The van der Waals surface area contributed by atoms with E-state index < -0.39 is 5.60 Å². The Kier molecular flexibility index (Phi) is 2.43. The molecule has 1 aliphatic carbocycles. The van der Waals surface area contributed by atoms with Crippen LogP contribution in [0.3, 0.4) is 0 Å². The summed E-state index contributed by atoms with van der Waals surface area (Å²) in [5.41, 5.74) is 1.96. The van der Waals surface area contributed by atoms with Crippen molar-refractivity contribution in [2.45, 2.75) is 45.1 Å². The topological polar surface area (TPSA) is 47.2 Å². The van der Waals surface area contributed by atoms with E-state index in [1.54, 1.807) is 19.9 Å². The minimum atomic E-state index is -0.852. The van der Waals surface area contributed by atoms with Crippen LogP contribution in [0.4, 0.5) is 0 Å². The van der Waals surface area contributed by atoms with E-state index in [1.165, 1.54) is 6.20 Å². The highest BCUT2D eigenvalue weighted by atomic mass is 16.5. The second-order valence-corrected chi connectivity index (χ2v) is 4.75. The Morgan fingerprint density at radius 3 is 2.67 bits per heavy atom. The van der Waals surface area contributed by atoms with E-state index in [4.69, 9.17) is 0 Å². The van der Waals surface area contributed by atoms with E-state index in [1.807, 2.05) is 0 Å². The number of hydrogen-bond donors (Lipinski definition) is 1. The molecule has 0 saturated carbocycles. The van der Waals surface area contributed by atoms with Crippen molar-refractivity contribution in [1.82, 2.24) is 0 Å². The summed E-state index contributed by atoms with van der Waals surface area (Å²) < 4.78 is 0.948. The predicted octanol–water partition coefficient (Wildman–Crippen LogP) is 1.43. The molecule has 0 saturated heterocycles. The van der Waals surface area contributed by atoms with Gasteiger partial charge in [0, 0.05) is 18.1 Å². The summed E-state index contributed by atoms with van der Waals surface area (Å²) in [7, 11) is 0. The Hall–Kier alpha value is -1.09. The molecule has 0 aromatic carbocycles. The lowest BCUT2D eigenvalue weighted by molar-refractivity contribution is -0.615. The van der Waals surface area contributed by atoms with Gasteiger partial charge in [0.1, 0.15) is 0 Å². The van der Waals surface area contributed by atoms with Gasteiger partial charge in [0.05, 0.1) is 5.60 Å². The van der Waals surface area contributed by atoms with Crippen LogP contribution in [0, 0.1) is 5.21 Å². The normalized spacial score (nSPS) is 16.2. The third kappa shape index (κ3) is 1.84.